The number of thiophene rings is 1. The molecule has 1 heterocycles. The molecule has 1 aromatic carbocycles. The number of aliphatic hydroxyl groups excluding tert-OH is 1. The molecule has 8 heteroatoms. The highest BCUT2D eigenvalue weighted by Gasteiger charge is 2.28. The maximum absolute atomic E-state index is 10.9. The number of aliphatic hydroxyl groups is 1. The molecule has 160 valence electrons. The van der Waals surface area contributed by atoms with Crippen molar-refractivity contribution in [3.05, 3.63) is 52.9 Å². The monoisotopic (exact) mass is 439 g/mol. The minimum atomic E-state index is -4.62. The van der Waals surface area contributed by atoms with E-state index in [2.05, 4.69) is 47.9 Å². The lowest BCUT2D eigenvalue weighted by molar-refractivity contribution is 0.102. The summed E-state index contributed by atoms with van der Waals surface area (Å²) >= 11 is 1.75. The van der Waals surface area contributed by atoms with Gasteiger partial charge in [0.2, 0.25) is 0 Å². The van der Waals surface area contributed by atoms with Crippen LogP contribution in [-0.2, 0) is 15.5 Å². The summed E-state index contributed by atoms with van der Waals surface area (Å²) in [6.07, 6.45) is 8.82. The molecular weight excluding hydrogens is 409 g/mol. The van der Waals surface area contributed by atoms with Crippen LogP contribution in [0, 0.1) is 0 Å². The number of rotatable bonds is 12. The molecule has 0 bridgehead atoms. The van der Waals surface area contributed by atoms with Gasteiger partial charge in [0.1, 0.15) is 0 Å². The Kier molecular flexibility index (Phi) is 9.24. The second kappa shape index (κ2) is 11.2. The van der Waals surface area contributed by atoms with Gasteiger partial charge in [-0.15, -0.1) is 11.3 Å². The maximum Gasteiger partial charge on any atom is 0.469 e. The molecule has 2 rings (SSSR count). The number of unbranched alkanes of at least 4 members (excludes halogenated alkanes) is 2. The van der Waals surface area contributed by atoms with Gasteiger partial charge in [0, 0.05) is 9.75 Å². The van der Waals surface area contributed by atoms with E-state index in [0.29, 0.717) is 12.8 Å². The highest BCUT2D eigenvalue weighted by molar-refractivity contribution is 7.46. The zero-order valence-corrected chi connectivity index (χ0v) is 18.4. The standard InChI is InChI=1S/C21H30NO5PS/c1-2-3-4-5-6-19-11-12-20(29-19)18-9-7-17(8-10-18)13-14-21(22,15-23)16-27-28(24,25)26/h5-12,23H,2-4,13-16,22H2,1H3,(H2,24,25,26). The highest BCUT2D eigenvalue weighted by atomic mass is 32.1. The largest absolute Gasteiger partial charge is 0.469 e. The molecule has 2 aromatic rings. The van der Waals surface area contributed by atoms with Crippen LogP contribution in [0.25, 0.3) is 16.5 Å². The van der Waals surface area contributed by atoms with Crippen LogP contribution in [0.3, 0.4) is 0 Å². The van der Waals surface area contributed by atoms with Crippen LogP contribution >= 0.6 is 19.2 Å². The lowest BCUT2D eigenvalue weighted by Crippen LogP contribution is -2.48. The molecule has 1 atom stereocenters. The topological polar surface area (TPSA) is 113 Å². The Balaban J connectivity index is 1.94. The van der Waals surface area contributed by atoms with Gasteiger partial charge < -0.3 is 20.6 Å². The van der Waals surface area contributed by atoms with E-state index in [1.54, 1.807) is 11.3 Å². The van der Waals surface area contributed by atoms with E-state index < -0.39 is 26.6 Å². The van der Waals surface area contributed by atoms with Gasteiger partial charge in [0.05, 0.1) is 18.8 Å². The van der Waals surface area contributed by atoms with Gasteiger partial charge in [0.15, 0.2) is 0 Å². The van der Waals surface area contributed by atoms with Crippen LogP contribution < -0.4 is 5.73 Å². The average Bonchev–Trinajstić information content (AvgIpc) is 3.17. The van der Waals surface area contributed by atoms with Gasteiger partial charge in [-0.3, -0.25) is 4.52 Å². The second-order valence-electron chi connectivity index (χ2n) is 7.23. The fraction of sp³-hybridized carbons (Fsp3) is 0.429. The molecule has 5 N–H and O–H groups in total. The van der Waals surface area contributed by atoms with Crippen molar-refractivity contribution in [1.29, 1.82) is 0 Å². The Bertz CT molecular complexity index is 830. The number of phosphoric ester groups is 1. The molecule has 1 aromatic heterocycles. The molecular formula is C21H30NO5PS. The van der Waals surface area contributed by atoms with Crippen molar-refractivity contribution in [3.63, 3.8) is 0 Å². The molecule has 0 spiro atoms. The quantitative estimate of drug-likeness (QED) is 0.289. The highest BCUT2D eigenvalue weighted by Crippen LogP contribution is 2.37. The zero-order chi connectivity index (χ0) is 21.3. The number of hydrogen-bond acceptors (Lipinski definition) is 5. The van der Waals surface area contributed by atoms with E-state index in [1.807, 2.05) is 12.1 Å². The molecule has 0 aliphatic heterocycles. The van der Waals surface area contributed by atoms with Gasteiger partial charge in [-0.1, -0.05) is 50.1 Å². The number of hydrogen-bond donors (Lipinski definition) is 4. The number of allylic oxidation sites excluding steroid dienone is 1. The van der Waals surface area contributed by atoms with Crippen molar-refractivity contribution < 1.29 is 24.0 Å². The molecule has 0 amide bonds. The molecule has 1 unspecified atom stereocenters. The maximum atomic E-state index is 10.9. The second-order valence-corrected chi connectivity index (χ2v) is 9.58. The van der Waals surface area contributed by atoms with Crippen molar-refractivity contribution in [2.24, 2.45) is 5.73 Å². The third-order valence-corrected chi connectivity index (χ3v) is 6.18. The summed E-state index contributed by atoms with van der Waals surface area (Å²) in [6, 6.07) is 12.4. The van der Waals surface area contributed by atoms with E-state index in [-0.39, 0.29) is 0 Å². The van der Waals surface area contributed by atoms with E-state index in [0.717, 1.165) is 17.5 Å². The van der Waals surface area contributed by atoms with Crippen LogP contribution in [0.5, 0.6) is 0 Å². The normalized spacial score (nSPS) is 14.4. The first-order valence-corrected chi connectivity index (χ1v) is 12.0. The summed E-state index contributed by atoms with van der Waals surface area (Å²) in [4.78, 5) is 20.1. The molecule has 0 aliphatic carbocycles. The van der Waals surface area contributed by atoms with Crippen molar-refractivity contribution in [2.45, 2.75) is 44.6 Å². The van der Waals surface area contributed by atoms with Gasteiger partial charge in [0.25, 0.3) is 0 Å². The summed E-state index contributed by atoms with van der Waals surface area (Å²) in [6.45, 7) is 1.36. The SMILES string of the molecule is CCCCC=Cc1ccc(-c2ccc(CCC(N)(CO)COP(=O)(O)O)cc2)s1. The first-order valence-electron chi connectivity index (χ1n) is 9.70. The molecule has 6 nitrogen and oxygen atoms in total. The predicted molar refractivity (Wildman–Crippen MR) is 119 cm³/mol. The van der Waals surface area contributed by atoms with Gasteiger partial charge in [-0.25, -0.2) is 4.57 Å². The smallest absolute Gasteiger partial charge is 0.394 e. The minimum absolute atomic E-state index is 0.342. The van der Waals surface area contributed by atoms with Gasteiger partial charge in [-0.2, -0.15) is 0 Å². The Hall–Kier alpha value is -1.31. The van der Waals surface area contributed by atoms with Gasteiger partial charge in [-0.05, 0) is 48.6 Å². The molecule has 29 heavy (non-hydrogen) atoms. The van der Waals surface area contributed by atoms with Gasteiger partial charge >= 0.3 is 7.82 Å². The molecule has 0 saturated carbocycles. The summed E-state index contributed by atoms with van der Waals surface area (Å²) in [7, 11) is -4.62. The van der Waals surface area contributed by atoms with Crippen LogP contribution in [0.4, 0.5) is 0 Å². The molecule has 0 fully saturated rings. The Morgan fingerprint density at radius 2 is 1.93 bits per heavy atom. The number of nitrogens with two attached hydrogens (primary N) is 1. The summed E-state index contributed by atoms with van der Waals surface area (Å²) in [5.74, 6) is 0. The van der Waals surface area contributed by atoms with Crippen LogP contribution in [0.15, 0.2) is 42.5 Å². The van der Waals surface area contributed by atoms with Crippen molar-refractivity contribution in [3.8, 4) is 10.4 Å². The van der Waals surface area contributed by atoms with E-state index in [1.165, 1.54) is 22.6 Å². The van der Waals surface area contributed by atoms with Crippen molar-refractivity contribution in [2.75, 3.05) is 13.2 Å². The summed E-state index contributed by atoms with van der Waals surface area (Å²) in [5, 5.41) is 9.48. The molecule has 0 radical (unpaired) electrons. The minimum Gasteiger partial charge on any atom is -0.394 e. The van der Waals surface area contributed by atoms with E-state index >= 15 is 0 Å². The third-order valence-electron chi connectivity index (χ3n) is 4.62. The Morgan fingerprint density at radius 3 is 2.55 bits per heavy atom. The first-order chi connectivity index (χ1) is 13.7. The van der Waals surface area contributed by atoms with E-state index in [9.17, 15) is 9.67 Å². The third kappa shape index (κ3) is 8.52. The number of benzene rings is 1. The summed E-state index contributed by atoms with van der Waals surface area (Å²) in [5.41, 5.74) is 6.98. The molecule has 0 saturated heterocycles. The predicted octanol–water partition coefficient (Wildman–Crippen LogP) is 4.35. The van der Waals surface area contributed by atoms with Crippen molar-refractivity contribution >= 4 is 25.2 Å². The number of aryl methyl sites for hydroxylation is 1. The van der Waals surface area contributed by atoms with Crippen LogP contribution in [-0.4, -0.2) is 33.6 Å². The zero-order valence-electron chi connectivity index (χ0n) is 16.7. The first kappa shape index (κ1) is 24.0. The average molecular weight is 440 g/mol. The lowest BCUT2D eigenvalue weighted by atomic mass is 9.93. The van der Waals surface area contributed by atoms with Crippen molar-refractivity contribution in [1.82, 2.24) is 0 Å². The summed E-state index contributed by atoms with van der Waals surface area (Å²) < 4.78 is 15.3. The van der Waals surface area contributed by atoms with Crippen LogP contribution in [0.1, 0.15) is 43.0 Å². The fourth-order valence-corrected chi connectivity index (χ4v) is 4.13. The Labute approximate surface area is 176 Å². The fourth-order valence-electron chi connectivity index (χ4n) is 2.76. The molecule has 0 aliphatic rings. The van der Waals surface area contributed by atoms with E-state index in [4.69, 9.17) is 15.5 Å². The number of phosphoric acid groups is 1. The Morgan fingerprint density at radius 1 is 1.21 bits per heavy atom. The lowest BCUT2D eigenvalue weighted by Gasteiger charge is -2.27. The van der Waals surface area contributed by atoms with Crippen LogP contribution in [0.2, 0.25) is 0 Å².